The second-order valence-corrected chi connectivity index (χ2v) is 7.37. The molecular formula is C22H26INO3. The minimum absolute atomic E-state index is 0.166. The van der Waals surface area contributed by atoms with Gasteiger partial charge < -0.3 is 14.8 Å². The number of unbranched alkanes of at least 4 members (excludes halogenated alkanes) is 1. The maximum atomic E-state index is 12.2. The molecule has 4 nitrogen and oxygen atoms in total. The Kier molecular flexibility index (Phi) is 8.64. The summed E-state index contributed by atoms with van der Waals surface area (Å²) < 4.78 is 12.6. The van der Waals surface area contributed by atoms with Gasteiger partial charge in [0, 0.05) is 15.3 Å². The van der Waals surface area contributed by atoms with E-state index in [0.29, 0.717) is 19.0 Å². The first-order valence-corrected chi connectivity index (χ1v) is 10.3. The molecule has 0 aromatic heterocycles. The molecule has 0 bridgehead atoms. The summed E-state index contributed by atoms with van der Waals surface area (Å²) in [5.74, 6) is 1.27. The van der Waals surface area contributed by atoms with E-state index in [1.165, 1.54) is 6.08 Å². The Morgan fingerprint density at radius 2 is 1.93 bits per heavy atom. The van der Waals surface area contributed by atoms with Crippen LogP contribution >= 0.6 is 22.6 Å². The Labute approximate surface area is 175 Å². The van der Waals surface area contributed by atoms with Gasteiger partial charge in [0.15, 0.2) is 11.5 Å². The van der Waals surface area contributed by atoms with Crippen LogP contribution in [0.3, 0.4) is 0 Å². The molecule has 0 saturated carbocycles. The van der Waals surface area contributed by atoms with Gasteiger partial charge in [-0.2, -0.15) is 0 Å². The second-order valence-electron chi connectivity index (χ2n) is 6.12. The number of rotatable bonds is 9. The van der Waals surface area contributed by atoms with E-state index in [-0.39, 0.29) is 5.91 Å². The van der Waals surface area contributed by atoms with E-state index in [1.807, 2.05) is 50.2 Å². The molecule has 0 atom stereocenters. The number of nitrogens with one attached hydrogen (secondary N) is 1. The van der Waals surface area contributed by atoms with Gasteiger partial charge in [-0.1, -0.05) is 19.4 Å². The number of carbonyl (C=O) groups excluding carboxylic acids is 1. The molecule has 0 aliphatic carbocycles. The van der Waals surface area contributed by atoms with Crippen LogP contribution in [0.4, 0.5) is 5.69 Å². The van der Waals surface area contributed by atoms with Gasteiger partial charge in [-0.15, -0.1) is 0 Å². The average Bonchev–Trinajstić information content (AvgIpc) is 2.64. The summed E-state index contributed by atoms with van der Waals surface area (Å²) in [6.07, 6.45) is 5.39. The van der Waals surface area contributed by atoms with Crippen LogP contribution in [0.2, 0.25) is 0 Å². The van der Waals surface area contributed by atoms with E-state index in [2.05, 4.69) is 34.8 Å². The highest BCUT2D eigenvalue weighted by Crippen LogP contribution is 2.29. The standard InChI is InChI=1S/C22H26INO3/c1-4-6-13-27-20-11-7-17(15-21(20)26-5-2)8-12-22(25)24-19-10-9-18(23)14-16(19)3/h7-12,14-15H,4-6,13H2,1-3H3,(H,24,25)/b12-8+. The lowest BCUT2D eigenvalue weighted by Crippen LogP contribution is -2.09. The quantitative estimate of drug-likeness (QED) is 0.280. The molecule has 2 rings (SSSR count). The van der Waals surface area contributed by atoms with Gasteiger partial charge in [-0.3, -0.25) is 4.79 Å². The third kappa shape index (κ3) is 6.90. The van der Waals surface area contributed by atoms with Gasteiger partial charge in [0.2, 0.25) is 5.91 Å². The van der Waals surface area contributed by atoms with Crippen molar-refractivity contribution in [2.24, 2.45) is 0 Å². The van der Waals surface area contributed by atoms with Crippen molar-refractivity contribution in [3.05, 3.63) is 57.2 Å². The summed E-state index contributed by atoms with van der Waals surface area (Å²) in [5.41, 5.74) is 2.74. The fourth-order valence-corrected chi connectivity index (χ4v) is 3.10. The van der Waals surface area contributed by atoms with Gasteiger partial charge in [0.05, 0.1) is 13.2 Å². The van der Waals surface area contributed by atoms with Crippen molar-refractivity contribution in [3.8, 4) is 11.5 Å². The molecule has 0 radical (unpaired) electrons. The zero-order chi connectivity index (χ0) is 19.6. The number of ether oxygens (including phenoxy) is 2. The summed E-state index contributed by atoms with van der Waals surface area (Å²) >= 11 is 2.25. The first kappa shape index (κ1) is 21.3. The van der Waals surface area contributed by atoms with Crippen LogP contribution in [-0.2, 0) is 4.79 Å². The normalized spacial score (nSPS) is 10.8. The lowest BCUT2D eigenvalue weighted by atomic mass is 10.1. The molecule has 1 amide bonds. The van der Waals surface area contributed by atoms with Crippen molar-refractivity contribution >= 4 is 40.3 Å². The second kappa shape index (κ2) is 11.0. The van der Waals surface area contributed by atoms with Crippen molar-refractivity contribution in [2.45, 2.75) is 33.6 Å². The van der Waals surface area contributed by atoms with E-state index in [0.717, 1.165) is 39.0 Å². The highest BCUT2D eigenvalue weighted by atomic mass is 127. The molecule has 0 unspecified atom stereocenters. The molecule has 0 fully saturated rings. The number of carbonyl (C=O) groups is 1. The Morgan fingerprint density at radius 3 is 2.63 bits per heavy atom. The molecular weight excluding hydrogens is 453 g/mol. The van der Waals surface area contributed by atoms with Gasteiger partial charge in [0.25, 0.3) is 0 Å². The molecule has 1 N–H and O–H groups in total. The van der Waals surface area contributed by atoms with Gasteiger partial charge in [0.1, 0.15) is 0 Å². The van der Waals surface area contributed by atoms with Gasteiger partial charge in [-0.05, 0) is 90.4 Å². The fourth-order valence-electron chi connectivity index (χ4n) is 2.46. The minimum Gasteiger partial charge on any atom is -0.490 e. The average molecular weight is 479 g/mol. The Morgan fingerprint density at radius 1 is 1.11 bits per heavy atom. The molecule has 27 heavy (non-hydrogen) atoms. The zero-order valence-electron chi connectivity index (χ0n) is 16.0. The van der Waals surface area contributed by atoms with Crippen molar-refractivity contribution < 1.29 is 14.3 Å². The number of amides is 1. The fraction of sp³-hybridized carbons (Fsp3) is 0.318. The van der Waals surface area contributed by atoms with Crippen LogP contribution in [0.1, 0.15) is 37.8 Å². The van der Waals surface area contributed by atoms with Crippen molar-refractivity contribution in [2.75, 3.05) is 18.5 Å². The number of anilines is 1. The van der Waals surface area contributed by atoms with E-state index in [9.17, 15) is 4.79 Å². The van der Waals surface area contributed by atoms with Crippen LogP contribution in [-0.4, -0.2) is 19.1 Å². The predicted molar refractivity (Wildman–Crippen MR) is 120 cm³/mol. The van der Waals surface area contributed by atoms with Crippen LogP contribution in [0.25, 0.3) is 6.08 Å². The Bertz CT molecular complexity index is 802. The molecule has 0 heterocycles. The highest BCUT2D eigenvalue weighted by molar-refractivity contribution is 14.1. The molecule has 0 spiro atoms. The van der Waals surface area contributed by atoms with Crippen molar-refractivity contribution in [1.29, 1.82) is 0 Å². The SMILES string of the molecule is CCCCOc1ccc(/C=C/C(=O)Nc2ccc(I)cc2C)cc1OCC. The molecule has 0 saturated heterocycles. The highest BCUT2D eigenvalue weighted by Gasteiger charge is 2.06. The summed E-state index contributed by atoms with van der Waals surface area (Å²) in [6.45, 7) is 7.28. The maximum absolute atomic E-state index is 12.2. The zero-order valence-corrected chi connectivity index (χ0v) is 18.2. The summed E-state index contributed by atoms with van der Waals surface area (Å²) in [7, 11) is 0. The summed E-state index contributed by atoms with van der Waals surface area (Å²) in [5, 5.41) is 2.91. The molecule has 5 heteroatoms. The monoisotopic (exact) mass is 479 g/mol. The first-order valence-electron chi connectivity index (χ1n) is 9.18. The van der Waals surface area contributed by atoms with Crippen molar-refractivity contribution in [1.82, 2.24) is 0 Å². The number of benzene rings is 2. The largest absolute Gasteiger partial charge is 0.490 e. The van der Waals surface area contributed by atoms with E-state index >= 15 is 0 Å². The van der Waals surface area contributed by atoms with Crippen LogP contribution in [0.5, 0.6) is 11.5 Å². The first-order chi connectivity index (χ1) is 13.0. The number of halogens is 1. The van der Waals surface area contributed by atoms with E-state index in [4.69, 9.17) is 9.47 Å². The smallest absolute Gasteiger partial charge is 0.248 e. The molecule has 144 valence electrons. The Hall–Kier alpha value is -2.02. The predicted octanol–water partition coefficient (Wildman–Crippen LogP) is 5.83. The number of hydrogen-bond donors (Lipinski definition) is 1. The van der Waals surface area contributed by atoms with E-state index < -0.39 is 0 Å². The topological polar surface area (TPSA) is 47.6 Å². The van der Waals surface area contributed by atoms with Crippen LogP contribution in [0, 0.1) is 10.5 Å². The molecule has 2 aromatic rings. The number of aryl methyl sites for hydroxylation is 1. The van der Waals surface area contributed by atoms with Crippen LogP contribution in [0.15, 0.2) is 42.5 Å². The van der Waals surface area contributed by atoms with Crippen LogP contribution < -0.4 is 14.8 Å². The van der Waals surface area contributed by atoms with Gasteiger partial charge in [-0.25, -0.2) is 0 Å². The molecule has 0 aliphatic heterocycles. The summed E-state index contributed by atoms with van der Waals surface area (Å²) in [6, 6.07) is 11.6. The molecule has 0 aliphatic rings. The van der Waals surface area contributed by atoms with E-state index in [1.54, 1.807) is 6.08 Å². The summed E-state index contributed by atoms with van der Waals surface area (Å²) in [4.78, 5) is 12.2. The lowest BCUT2D eigenvalue weighted by molar-refractivity contribution is -0.111. The maximum Gasteiger partial charge on any atom is 0.248 e. The Balaban J connectivity index is 2.06. The molecule has 2 aromatic carbocycles. The minimum atomic E-state index is -0.166. The third-order valence-electron chi connectivity index (χ3n) is 3.90. The van der Waals surface area contributed by atoms with Crippen molar-refractivity contribution in [3.63, 3.8) is 0 Å². The lowest BCUT2D eigenvalue weighted by Gasteiger charge is -2.12. The number of hydrogen-bond acceptors (Lipinski definition) is 3. The van der Waals surface area contributed by atoms with Gasteiger partial charge >= 0.3 is 0 Å². The third-order valence-corrected chi connectivity index (χ3v) is 4.57.